The van der Waals surface area contributed by atoms with Gasteiger partial charge < -0.3 is 11.1 Å². The molecule has 0 aromatic heterocycles. The molecule has 0 bridgehead atoms. The van der Waals surface area contributed by atoms with Crippen LogP contribution in [-0.2, 0) is 9.59 Å². The van der Waals surface area contributed by atoms with Crippen molar-refractivity contribution in [1.29, 1.82) is 0 Å². The summed E-state index contributed by atoms with van der Waals surface area (Å²) in [5.74, 6) is -0.279. The molecule has 0 rings (SSSR count). The fourth-order valence-electron chi connectivity index (χ4n) is 1.21. The Morgan fingerprint density at radius 3 is 2.00 bits per heavy atom. The fourth-order valence-corrected chi connectivity index (χ4v) is 1.21. The van der Waals surface area contributed by atoms with Crippen molar-refractivity contribution >= 4 is 49.0 Å². The van der Waals surface area contributed by atoms with Crippen LogP contribution in [-0.4, -0.2) is 49.7 Å². The van der Waals surface area contributed by atoms with Crippen molar-refractivity contribution in [2.75, 3.05) is 32.8 Å². The minimum absolute atomic E-state index is 0. The maximum atomic E-state index is 11.6. The topological polar surface area (TPSA) is 99.5 Å². The minimum Gasteiger partial charge on any atom is -0.329 e. The Bertz CT molecular complexity index is 260. The molecule has 7 nitrogen and oxygen atoms in total. The molecule has 0 unspecified atom stereocenters. The first kappa shape index (κ1) is 28.8. The summed E-state index contributed by atoms with van der Waals surface area (Å²) >= 11 is 0. The second kappa shape index (κ2) is 19.7. The van der Waals surface area contributed by atoms with E-state index in [1.165, 1.54) is 5.01 Å². The number of hydrogen-bond donors (Lipinski definition) is 4. The van der Waals surface area contributed by atoms with Crippen molar-refractivity contribution in [2.24, 2.45) is 5.73 Å². The summed E-state index contributed by atoms with van der Waals surface area (Å²) < 4.78 is 0. The molecule has 130 valence electrons. The van der Waals surface area contributed by atoms with Crippen LogP contribution in [0.4, 0.5) is 0 Å². The number of carbonyl (C=O) groups excluding carboxylic acids is 2. The SMILES string of the molecule is CCC(=O)NN(CNCCNCCN)C(=O)CC.Cl.Cl.Cl. The van der Waals surface area contributed by atoms with Crippen LogP contribution >= 0.6 is 37.2 Å². The van der Waals surface area contributed by atoms with Gasteiger partial charge in [-0.15, -0.1) is 37.2 Å². The number of rotatable bonds is 9. The van der Waals surface area contributed by atoms with Gasteiger partial charge in [0.25, 0.3) is 0 Å². The zero-order valence-electron chi connectivity index (χ0n) is 12.5. The highest BCUT2D eigenvalue weighted by molar-refractivity contribution is 5.86. The second-order valence-corrected chi connectivity index (χ2v) is 3.76. The molecule has 0 aliphatic heterocycles. The van der Waals surface area contributed by atoms with Crippen LogP contribution in [0.2, 0.25) is 0 Å². The smallest absolute Gasteiger partial charge is 0.241 e. The Kier molecular flexibility index (Phi) is 27.0. The van der Waals surface area contributed by atoms with Crippen molar-refractivity contribution in [1.82, 2.24) is 21.1 Å². The summed E-state index contributed by atoms with van der Waals surface area (Å²) in [6.45, 7) is 6.66. The number of nitrogens with zero attached hydrogens (tertiary/aromatic N) is 1. The number of amides is 2. The molecule has 0 fully saturated rings. The van der Waals surface area contributed by atoms with Gasteiger partial charge in [-0.25, -0.2) is 5.01 Å². The molecule has 5 N–H and O–H groups in total. The number of halogens is 3. The van der Waals surface area contributed by atoms with Crippen LogP contribution in [0, 0.1) is 0 Å². The third-order valence-corrected chi connectivity index (χ3v) is 2.25. The number of nitrogens with two attached hydrogens (primary N) is 1. The molecular weight excluding hydrogens is 341 g/mol. The average molecular weight is 369 g/mol. The molecule has 0 aromatic rings. The van der Waals surface area contributed by atoms with E-state index in [2.05, 4.69) is 16.1 Å². The summed E-state index contributed by atoms with van der Waals surface area (Å²) in [6.07, 6.45) is 0.711. The summed E-state index contributed by atoms with van der Waals surface area (Å²) in [6, 6.07) is 0. The van der Waals surface area contributed by atoms with Crippen molar-refractivity contribution in [3.8, 4) is 0 Å². The van der Waals surface area contributed by atoms with E-state index in [9.17, 15) is 9.59 Å². The Hall–Kier alpha value is -0.310. The van der Waals surface area contributed by atoms with Crippen LogP contribution in [0.25, 0.3) is 0 Å². The lowest BCUT2D eigenvalue weighted by Crippen LogP contribution is -2.50. The largest absolute Gasteiger partial charge is 0.329 e. The third-order valence-electron chi connectivity index (χ3n) is 2.25. The van der Waals surface area contributed by atoms with E-state index in [4.69, 9.17) is 5.73 Å². The maximum Gasteiger partial charge on any atom is 0.241 e. The predicted octanol–water partition coefficient (Wildman–Crippen LogP) is 0.0270. The predicted molar refractivity (Wildman–Crippen MR) is 92.1 cm³/mol. The molecule has 0 saturated carbocycles. The van der Waals surface area contributed by atoms with Gasteiger partial charge in [-0.1, -0.05) is 13.8 Å². The van der Waals surface area contributed by atoms with Crippen LogP contribution in [0.1, 0.15) is 26.7 Å². The van der Waals surface area contributed by atoms with Crippen molar-refractivity contribution in [3.63, 3.8) is 0 Å². The van der Waals surface area contributed by atoms with Crippen LogP contribution in [0.3, 0.4) is 0 Å². The Morgan fingerprint density at radius 1 is 0.952 bits per heavy atom. The van der Waals surface area contributed by atoms with Gasteiger partial charge in [0.1, 0.15) is 0 Å². The summed E-state index contributed by atoms with van der Waals surface area (Å²) in [5, 5.41) is 7.52. The van der Waals surface area contributed by atoms with Crippen molar-refractivity contribution < 1.29 is 9.59 Å². The first-order valence-electron chi connectivity index (χ1n) is 6.37. The molecule has 0 spiro atoms. The lowest BCUT2D eigenvalue weighted by molar-refractivity contribution is -0.141. The highest BCUT2D eigenvalue weighted by Gasteiger charge is 2.12. The van der Waals surface area contributed by atoms with Gasteiger partial charge in [0.15, 0.2) is 0 Å². The first-order valence-corrected chi connectivity index (χ1v) is 6.37. The zero-order chi connectivity index (χ0) is 13.8. The van der Waals surface area contributed by atoms with Gasteiger partial charge in [-0.3, -0.25) is 20.3 Å². The molecule has 0 atom stereocenters. The van der Waals surface area contributed by atoms with Crippen LogP contribution in [0.5, 0.6) is 0 Å². The third kappa shape index (κ3) is 15.9. The fraction of sp³-hybridized carbons (Fsp3) is 0.818. The van der Waals surface area contributed by atoms with E-state index in [0.29, 0.717) is 32.6 Å². The molecule has 10 heteroatoms. The Morgan fingerprint density at radius 2 is 1.52 bits per heavy atom. The molecule has 2 amide bonds. The second-order valence-electron chi connectivity index (χ2n) is 3.76. The van der Waals surface area contributed by atoms with E-state index in [1.54, 1.807) is 13.8 Å². The summed E-state index contributed by atoms with van der Waals surface area (Å²) in [4.78, 5) is 22.8. The highest BCUT2D eigenvalue weighted by atomic mass is 35.5. The van der Waals surface area contributed by atoms with E-state index in [0.717, 1.165) is 13.1 Å². The Balaban J connectivity index is -0.000000482. The highest BCUT2D eigenvalue weighted by Crippen LogP contribution is 1.89. The first-order chi connectivity index (χ1) is 8.65. The van der Waals surface area contributed by atoms with E-state index >= 15 is 0 Å². The summed E-state index contributed by atoms with van der Waals surface area (Å²) in [5.41, 5.74) is 7.90. The molecule has 0 radical (unpaired) electrons. The van der Waals surface area contributed by atoms with E-state index in [-0.39, 0.29) is 49.0 Å². The molecule has 0 heterocycles. The standard InChI is InChI=1S/C11H25N5O2.3ClH/c1-3-10(17)15-16(11(18)4-2)9-14-8-7-13-6-5-12;;;/h13-14H,3-9,12H2,1-2H3,(H,15,17);3*1H. The molecule has 0 aromatic carbocycles. The normalized spacial score (nSPS) is 8.71. The number of hydrazine groups is 1. The van der Waals surface area contributed by atoms with Gasteiger partial charge in [-0.05, 0) is 0 Å². The van der Waals surface area contributed by atoms with Crippen LogP contribution in [0.15, 0.2) is 0 Å². The van der Waals surface area contributed by atoms with Gasteiger partial charge >= 0.3 is 0 Å². The van der Waals surface area contributed by atoms with Crippen molar-refractivity contribution in [2.45, 2.75) is 26.7 Å². The van der Waals surface area contributed by atoms with Crippen molar-refractivity contribution in [3.05, 3.63) is 0 Å². The average Bonchev–Trinajstić information content (AvgIpc) is 2.40. The lowest BCUT2D eigenvalue weighted by atomic mass is 10.4. The van der Waals surface area contributed by atoms with E-state index in [1.807, 2.05) is 0 Å². The molecule has 0 aliphatic rings. The van der Waals surface area contributed by atoms with Gasteiger partial charge in [-0.2, -0.15) is 0 Å². The minimum atomic E-state index is -0.167. The van der Waals surface area contributed by atoms with E-state index < -0.39 is 0 Å². The lowest BCUT2D eigenvalue weighted by Gasteiger charge is -2.23. The monoisotopic (exact) mass is 367 g/mol. The number of nitrogens with one attached hydrogen (secondary N) is 3. The number of hydrogen-bond acceptors (Lipinski definition) is 5. The molecule has 21 heavy (non-hydrogen) atoms. The Labute approximate surface area is 145 Å². The molecule has 0 saturated heterocycles. The quantitative estimate of drug-likeness (QED) is 0.261. The van der Waals surface area contributed by atoms with Gasteiger partial charge in [0, 0.05) is 39.0 Å². The summed E-state index contributed by atoms with van der Waals surface area (Å²) in [7, 11) is 0. The zero-order valence-corrected chi connectivity index (χ0v) is 15.0. The molecular formula is C11H28Cl3N5O2. The van der Waals surface area contributed by atoms with Gasteiger partial charge in [0.05, 0.1) is 6.67 Å². The van der Waals surface area contributed by atoms with Gasteiger partial charge in [0.2, 0.25) is 11.8 Å². The van der Waals surface area contributed by atoms with Crippen LogP contribution < -0.4 is 21.8 Å². The maximum absolute atomic E-state index is 11.6. The molecule has 0 aliphatic carbocycles. The number of carbonyl (C=O) groups is 2.